The van der Waals surface area contributed by atoms with Gasteiger partial charge in [0.1, 0.15) is 29.4 Å². The zero-order valence-electron chi connectivity index (χ0n) is 12.4. The van der Waals surface area contributed by atoms with Gasteiger partial charge in [0.25, 0.3) is 0 Å². The van der Waals surface area contributed by atoms with E-state index in [0.29, 0.717) is 16.4 Å². The van der Waals surface area contributed by atoms with E-state index in [2.05, 4.69) is 0 Å². The van der Waals surface area contributed by atoms with Crippen molar-refractivity contribution in [2.45, 2.75) is 4.90 Å². The molecule has 0 saturated carbocycles. The highest BCUT2D eigenvalue weighted by molar-refractivity contribution is 7.85. The Bertz CT molecular complexity index is 711. The van der Waals surface area contributed by atoms with Crippen LogP contribution < -0.4 is 9.47 Å². The average Bonchev–Trinajstić information content (AvgIpc) is 2.56. The van der Waals surface area contributed by atoms with E-state index in [0.717, 1.165) is 0 Å². The van der Waals surface area contributed by atoms with Gasteiger partial charge in [0.2, 0.25) is 0 Å². The molecule has 2 aromatic rings. The summed E-state index contributed by atoms with van der Waals surface area (Å²) in [5.74, 6) is -0.323. The largest absolute Gasteiger partial charge is 0.507 e. The van der Waals surface area contributed by atoms with Crippen LogP contribution in [0.5, 0.6) is 17.2 Å². The Balaban J connectivity index is 1.92. The summed E-state index contributed by atoms with van der Waals surface area (Å²) in [6.07, 6.45) is 0. The van der Waals surface area contributed by atoms with Crippen LogP contribution in [0.4, 0.5) is 0 Å². The van der Waals surface area contributed by atoms with Crippen LogP contribution in [0, 0.1) is 0 Å². The molecular weight excluding hydrogens is 320 g/mol. The lowest BCUT2D eigenvalue weighted by atomic mass is 10.2. The van der Waals surface area contributed by atoms with Gasteiger partial charge < -0.3 is 19.7 Å². The number of carboxylic acids is 1. The summed E-state index contributed by atoms with van der Waals surface area (Å²) >= 11 is 0. The molecule has 0 amide bonds. The molecule has 122 valence electrons. The Morgan fingerprint density at radius 2 is 1.78 bits per heavy atom. The molecule has 0 spiro atoms. The number of rotatable bonds is 7. The van der Waals surface area contributed by atoms with Crippen molar-refractivity contribution >= 4 is 16.8 Å². The zero-order chi connectivity index (χ0) is 16.8. The maximum absolute atomic E-state index is 12.1. The van der Waals surface area contributed by atoms with Crippen LogP contribution in [0.15, 0.2) is 47.4 Å². The van der Waals surface area contributed by atoms with E-state index in [1.54, 1.807) is 31.4 Å². The van der Waals surface area contributed by atoms with Crippen molar-refractivity contribution in [3.8, 4) is 17.2 Å². The highest BCUT2D eigenvalue weighted by atomic mass is 32.2. The van der Waals surface area contributed by atoms with Crippen LogP contribution in [0.25, 0.3) is 0 Å². The van der Waals surface area contributed by atoms with Crippen LogP contribution in [0.2, 0.25) is 0 Å². The van der Waals surface area contributed by atoms with E-state index in [4.69, 9.17) is 14.6 Å². The molecule has 0 aliphatic heterocycles. The van der Waals surface area contributed by atoms with Gasteiger partial charge in [-0.2, -0.15) is 0 Å². The summed E-state index contributed by atoms with van der Waals surface area (Å²) < 4.78 is 22.6. The molecule has 1 atom stereocenters. The van der Waals surface area contributed by atoms with Crippen LogP contribution in [-0.2, 0) is 10.8 Å². The van der Waals surface area contributed by atoms with Gasteiger partial charge in [-0.25, -0.2) is 4.79 Å². The summed E-state index contributed by atoms with van der Waals surface area (Å²) in [4.78, 5) is 11.6. The van der Waals surface area contributed by atoms with Crippen molar-refractivity contribution in [2.24, 2.45) is 0 Å². The third-order valence-corrected chi connectivity index (χ3v) is 4.39. The zero-order valence-corrected chi connectivity index (χ0v) is 13.2. The molecule has 0 radical (unpaired) electrons. The number of aromatic carboxylic acids is 1. The summed E-state index contributed by atoms with van der Waals surface area (Å²) in [5, 5.41) is 18.3. The van der Waals surface area contributed by atoms with E-state index in [9.17, 15) is 14.1 Å². The second-order valence-corrected chi connectivity index (χ2v) is 6.13. The first-order valence-electron chi connectivity index (χ1n) is 6.73. The van der Waals surface area contributed by atoms with Gasteiger partial charge in [-0.15, -0.1) is 0 Å². The van der Waals surface area contributed by atoms with Crippen LogP contribution in [0.3, 0.4) is 0 Å². The van der Waals surface area contributed by atoms with Crippen molar-refractivity contribution in [1.82, 2.24) is 0 Å². The average molecular weight is 336 g/mol. The monoisotopic (exact) mass is 336 g/mol. The van der Waals surface area contributed by atoms with E-state index >= 15 is 0 Å². The first kappa shape index (κ1) is 16.8. The lowest BCUT2D eigenvalue weighted by Crippen LogP contribution is -2.09. The fourth-order valence-corrected chi connectivity index (χ4v) is 2.77. The molecule has 23 heavy (non-hydrogen) atoms. The predicted octanol–water partition coefficient (Wildman–Crippen LogP) is 2.29. The van der Waals surface area contributed by atoms with Gasteiger partial charge in [0, 0.05) is 4.90 Å². The number of ether oxygens (including phenoxy) is 2. The third-order valence-electron chi connectivity index (χ3n) is 3.06. The summed E-state index contributed by atoms with van der Waals surface area (Å²) in [6.45, 7) is 0.155. The molecule has 0 saturated heterocycles. The van der Waals surface area contributed by atoms with Gasteiger partial charge in [-0.3, -0.25) is 4.21 Å². The molecule has 0 bridgehead atoms. The van der Waals surface area contributed by atoms with Crippen molar-refractivity contribution in [3.63, 3.8) is 0 Å². The van der Waals surface area contributed by atoms with E-state index in [1.807, 2.05) is 0 Å². The SMILES string of the molecule is COc1ccc(S(=O)CCOc2ccc(O)c(C(=O)O)c2)cc1. The number of hydrogen-bond acceptors (Lipinski definition) is 5. The van der Waals surface area contributed by atoms with Gasteiger partial charge in [0.05, 0.1) is 23.7 Å². The lowest BCUT2D eigenvalue weighted by molar-refractivity contribution is 0.0693. The Morgan fingerprint density at radius 3 is 2.39 bits per heavy atom. The van der Waals surface area contributed by atoms with Gasteiger partial charge in [-0.05, 0) is 42.5 Å². The van der Waals surface area contributed by atoms with Crippen LogP contribution >= 0.6 is 0 Å². The summed E-state index contributed by atoms with van der Waals surface area (Å²) in [6, 6.07) is 10.8. The molecule has 0 heterocycles. The van der Waals surface area contributed by atoms with Gasteiger partial charge in [-0.1, -0.05) is 0 Å². The lowest BCUT2D eigenvalue weighted by Gasteiger charge is -2.08. The quantitative estimate of drug-likeness (QED) is 0.806. The number of aromatic hydroxyl groups is 1. The summed E-state index contributed by atoms with van der Waals surface area (Å²) in [7, 11) is 0.326. The molecule has 0 fully saturated rings. The Hall–Kier alpha value is -2.54. The fraction of sp³-hybridized carbons (Fsp3) is 0.188. The van der Waals surface area contributed by atoms with Gasteiger partial charge in [0.15, 0.2) is 0 Å². The number of methoxy groups -OCH3 is 1. The smallest absolute Gasteiger partial charge is 0.339 e. The predicted molar refractivity (Wildman–Crippen MR) is 84.8 cm³/mol. The van der Waals surface area contributed by atoms with E-state index < -0.39 is 16.8 Å². The second-order valence-electron chi connectivity index (χ2n) is 4.56. The number of hydrogen-bond donors (Lipinski definition) is 2. The van der Waals surface area contributed by atoms with Crippen molar-refractivity contribution in [2.75, 3.05) is 19.5 Å². The molecule has 0 aliphatic carbocycles. The topological polar surface area (TPSA) is 93.1 Å². The molecule has 0 aromatic heterocycles. The minimum absolute atomic E-state index is 0.155. The van der Waals surface area contributed by atoms with E-state index in [-0.39, 0.29) is 23.7 Å². The highest BCUT2D eigenvalue weighted by Gasteiger charge is 2.11. The van der Waals surface area contributed by atoms with Crippen molar-refractivity contribution in [3.05, 3.63) is 48.0 Å². The normalized spacial score (nSPS) is 11.7. The molecule has 6 nitrogen and oxygen atoms in total. The molecule has 0 aliphatic rings. The molecule has 1 unspecified atom stereocenters. The second kappa shape index (κ2) is 7.64. The maximum atomic E-state index is 12.1. The maximum Gasteiger partial charge on any atom is 0.339 e. The Morgan fingerprint density at radius 1 is 1.13 bits per heavy atom. The number of carbonyl (C=O) groups is 1. The number of carboxylic acid groups (broad SMARTS) is 1. The van der Waals surface area contributed by atoms with Crippen molar-refractivity contribution < 1.29 is 28.7 Å². The summed E-state index contributed by atoms with van der Waals surface area (Å²) in [5.41, 5.74) is -0.237. The van der Waals surface area contributed by atoms with Crippen LogP contribution in [-0.4, -0.2) is 39.9 Å². The fourth-order valence-electron chi connectivity index (χ4n) is 1.86. The molecule has 2 rings (SSSR count). The Kier molecular flexibility index (Phi) is 5.59. The first-order valence-corrected chi connectivity index (χ1v) is 8.04. The standard InChI is InChI=1S/C16H16O6S/c1-21-11-2-5-13(6-3-11)23(20)9-8-22-12-4-7-15(17)14(10-12)16(18)19/h2-7,10,17H,8-9H2,1H3,(H,18,19). The number of phenols is 1. The molecule has 7 heteroatoms. The van der Waals surface area contributed by atoms with Crippen LogP contribution in [0.1, 0.15) is 10.4 Å². The molecular formula is C16H16O6S. The first-order chi connectivity index (χ1) is 11.0. The molecule has 2 N–H and O–H groups in total. The minimum Gasteiger partial charge on any atom is -0.507 e. The number of benzene rings is 2. The Labute approximate surface area is 135 Å². The minimum atomic E-state index is -1.24. The van der Waals surface area contributed by atoms with Gasteiger partial charge >= 0.3 is 5.97 Å². The molecule has 2 aromatic carbocycles. The third kappa shape index (κ3) is 4.46. The van der Waals surface area contributed by atoms with Crippen molar-refractivity contribution in [1.29, 1.82) is 0 Å². The van der Waals surface area contributed by atoms with E-state index in [1.165, 1.54) is 18.2 Å². The highest BCUT2D eigenvalue weighted by Crippen LogP contribution is 2.23.